The van der Waals surface area contributed by atoms with Crippen LogP contribution in [0.4, 0.5) is 11.6 Å². The van der Waals surface area contributed by atoms with Crippen LogP contribution in [0.1, 0.15) is 5.56 Å². The zero-order valence-corrected chi connectivity index (χ0v) is 26.5. The van der Waals surface area contributed by atoms with Crippen LogP contribution in [0.25, 0.3) is 0 Å². The minimum absolute atomic E-state index is 0. The van der Waals surface area contributed by atoms with Gasteiger partial charge in [0.1, 0.15) is 12.4 Å². The fourth-order valence-corrected chi connectivity index (χ4v) is 4.92. The standard InChI is InChI=1S/C25H34N8O8S.Ga/c34-21(35)15-29-9-10-30(16-22(36)37)14-20(32(12-11-29)17-23(38)39)13-18-1-3-19(4-2-18)28-24(42)26-5-7-31-8-6-27-25(31)33(40)41;/h1-4,6,8,20H,5,7,9-17H2,(H,34,35)(H,36,37)(H,38,39)(H2,26,28,42);/q;+3/p-3/i;1-2. The smallest absolute Gasteiger partial charge is 0.549 e. The molecule has 1 saturated heterocycles. The number of benzene rings is 1. The molecule has 1 aliphatic rings. The first kappa shape index (κ1) is 35.6. The number of rotatable bonds is 13. The Morgan fingerprint density at radius 2 is 1.56 bits per heavy atom. The SMILES string of the molecule is O=C([O-])CN1CCN(CC(=O)[O-])CC(Cc2ccc(NC(=S)NCCn3ccnc3[N+](=O)[O-])cc2)N(CC(=O)[O-])CC1.[68Ga+3]. The molecule has 0 aliphatic carbocycles. The minimum Gasteiger partial charge on any atom is -0.549 e. The van der Waals surface area contributed by atoms with Crippen molar-refractivity contribution in [1.82, 2.24) is 29.6 Å². The Bertz CT molecular complexity index is 1260. The topological polar surface area (TPSA) is 215 Å². The molecule has 0 amide bonds. The molecule has 2 heterocycles. The molecule has 1 unspecified atom stereocenters. The van der Waals surface area contributed by atoms with Crippen molar-refractivity contribution >= 4 is 66.7 Å². The first-order valence-corrected chi connectivity index (χ1v) is 13.5. The number of aliphatic carboxylic acids is 3. The number of carboxylic acids is 3. The Hall–Kier alpha value is -3.55. The molecule has 0 saturated carbocycles. The van der Waals surface area contributed by atoms with Crippen molar-refractivity contribution in [1.29, 1.82) is 0 Å². The van der Waals surface area contributed by atoms with Crippen LogP contribution in [0.2, 0.25) is 0 Å². The van der Waals surface area contributed by atoms with Crippen LogP contribution >= 0.6 is 12.2 Å². The number of carbonyl (C=O) groups is 3. The monoisotopic (exact) mass is 671 g/mol. The maximum atomic E-state index is 11.6. The van der Waals surface area contributed by atoms with Gasteiger partial charge in [-0.2, -0.15) is 0 Å². The summed E-state index contributed by atoms with van der Waals surface area (Å²) in [6.07, 6.45) is 3.23. The maximum Gasteiger partial charge on any atom is 3.00 e. The van der Waals surface area contributed by atoms with Crippen molar-refractivity contribution in [2.24, 2.45) is 0 Å². The van der Waals surface area contributed by atoms with Crippen molar-refractivity contribution in [2.45, 2.75) is 19.0 Å². The van der Waals surface area contributed by atoms with E-state index in [1.807, 2.05) is 12.1 Å². The van der Waals surface area contributed by atoms with Crippen molar-refractivity contribution in [3.8, 4) is 0 Å². The molecular formula is C25H31GaN8O8S. The molecule has 1 aliphatic heterocycles. The number of nitro groups is 1. The normalized spacial score (nSPS) is 16.6. The van der Waals surface area contributed by atoms with Gasteiger partial charge in [-0.05, 0) is 41.3 Å². The predicted molar refractivity (Wildman–Crippen MR) is 152 cm³/mol. The molecule has 1 fully saturated rings. The number of imidazole rings is 1. The summed E-state index contributed by atoms with van der Waals surface area (Å²) >= 11 is 5.31. The molecule has 0 bridgehead atoms. The fraction of sp³-hybridized carbons (Fsp3) is 0.480. The van der Waals surface area contributed by atoms with Crippen LogP contribution in [0.15, 0.2) is 36.7 Å². The summed E-state index contributed by atoms with van der Waals surface area (Å²) < 4.78 is 1.39. The number of nitrogens with one attached hydrogen (secondary N) is 2. The Kier molecular flexibility index (Phi) is 14.5. The molecular weight excluding hydrogens is 640 g/mol. The molecule has 1 aromatic heterocycles. The number of thiocarbonyl (C=S) groups is 1. The summed E-state index contributed by atoms with van der Waals surface area (Å²) in [6.45, 7) is 0.632. The van der Waals surface area contributed by atoms with E-state index in [1.165, 1.54) is 17.0 Å². The summed E-state index contributed by atoms with van der Waals surface area (Å²) in [5.74, 6) is -4.15. The quantitative estimate of drug-likeness (QED) is 0.0888. The number of carbonyl (C=O) groups excluding carboxylic acids is 3. The maximum absolute atomic E-state index is 11.6. The first-order valence-electron chi connectivity index (χ1n) is 13.1. The van der Waals surface area contributed by atoms with Gasteiger partial charge in [-0.3, -0.25) is 14.7 Å². The Morgan fingerprint density at radius 3 is 2.19 bits per heavy atom. The Morgan fingerprint density at radius 1 is 0.953 bits per heavy atom. The summed E-state index contributed by atoms with van der Waals surface area (Å²) in [4.78, 5) is 53.0. The van der Waals surface area contributed by atoms with Crippen molar-refractivity contribution in [3.05, 3.63) is 52.3 Å². The molecule has 2 aromatic rings. The first-order chi connectivity index (χ1) is 20.0. The molecule has 1 aromatic carbocycles. The number of carboxylic acid groups (broad SMARTS) is 3. The van der Waals surface area contributed by atoms with Gasteiger partial charge in [0.05, 0.1) is 24.5 Å². The van der Waals surface area contributed by atoms with Crippen LogP contribution in [-0.4, -0.2) is 137 Å². The molecule has 18 heteroatoms. The Balaban J connectivity index is 0.00000645. The second-order valence-corrected chi connectivity index (χ2v) is 10.1. The van der Waals surface area contributed by atoms with Gasteiger partial charge in [0.25, 0.3) is 0 Å². The number of aromatic nitrogens is 2. The zero-order chi connectivity index (χ0) is 30.6. The van der Waals surface area contributed by atoms with E-state index in [9.17, 15) is 39.8 Å². The minimum atomic E-state index is -1.31. The third kappa shape index (κ3) is 12.3. The van der Waals surface area contributed by atoms with Gasteiger partial charge in [0.15, 0.2) is 5.11 Å². The summed E-state index contributed by atoms with van der Waals surface area (Å²) in [7, 11) is 0. The van der Waals surface area contributed by atoms with E-state index in [2.05, 4.69) is 15.6 Å². The van der Waals surface area contributed by atoms with Crippen LogP contribution < -0.4 is 26.0 Å². The van der Waals surface area contributed by atoms with Crippen molar-refractivity contribution in [3.63, 3.8) is 0 Å². The van der Waals surface area contributed by atoms with Gasteiger partial charge in [-0.25, -0.2) is 4.57 Å². The number of hydrogen-bond acceptors (Lipinski definition) is 13. The van der Waals surface area contributed by atoms with Crippen molar-refractivity contribution in [2.75, 3.05) is 64.2 Å². The molecule has 0 radical (unpaired) electrons. The number of hydrogen-bond donors (Lipinski definition) is 2. The van der Waals surface area contributed by atoms with Gasteiger partial charge in [-0.1, -0.05) is 17.1 Å². The van der Waals surface area contributed by atoms with Gasteiger partial charge in [0, 0.05) is 70.6 Å². The second kappa shape index (κ2) is 17.5. The summed E-state index contributed by atoms with van der Waals surface area (Å²) in [6, 6.07) is 6.80. The largest absolute Gasteiger partial charge is 3.00 e. The fourth-order valence-electron chi connectivity index (χ4n) is 4.70. The average molecular weight is 672 g/mol. The van der Waals surface area contributed by atoms with Crippen LogP contribution in [0.3, 0.4) is 0 Å². The van der Waals surface area contributed by atoms with E-state index in [0.29, 0.717) is 23.8 Å². The van der Waals surface area contributed by atoms with E-state index in [0.717, 1.165) is 5.56 Å². The second-order valence-electron chi connectivity index (χ2n) is 9.71. The van der Waals surface area contributed by atoms with E-state index in [-0.39, 0.29) is 71.6 Å². The van der Waals surface area contributed by atoms with Gasteiger partial charge < -0.3 is 50.5 Å². The third-order valence-electron chi connectivity index (χ3n) is 6.64. The molecule has 16 nitrogen and oxygen atoms in total. The number of nitrogens with zero attached hydrogens (tertiary/aromatic N) is 6. The summed E-state index contributed by atoms with van der Waals surface area (Å²) in [5, 5.41) is 51.4. The van der Waals surface area contributed by atoms with Gasteiger partial charge in [-0.15, -0.1) is 0 Å². The molecule has 2 N–H and O–H groups in total. The van der Waals surface area contributed by atoms with Crippen LogP contribution in [-0.2, 0) is 27.3 Å². The molecule has 0 spiro atoms. The molecule has 1 atom stereocenters. The van der Waals surface area contributed by atoms with E-state index in [4.69, 9.17) is 12.2 Å². The average Bonchev–Trinajstić information content (AvgIpc) is 3.39. The van der Waals surface area contributed by atoms with Crippen LogP contribution in [0.5, 0.6) is 0 Å². The van der Waals surface area contributed by atoms with E-state index < -0.39 is 42.0 Å². The van der Waals surface area contributed by atoms with E-state index in [1.54, 1.807) is 26.8 Å². The van der Waals surface area contributed by atoms with E-state index >= 15 is 0 Å². The molecule has 3 rings (SSSR count). The molecule has 228 valence electrons. The zero-order valence-electron chi connectivity index (χ0n) is 23.3. The third-order valence-corrected chi connectivity index (χ3v) is 6.88. The van der Waals surface area contributed by atoms with Crippen molar-refractivity contribution < 1.29 is 34.6 Å². The van der Waals surface area contributed by atoms with Crippen LogP contribution in [0, 0.1) is 10.1 Å². The van der Waals surface area contributed by atoms with Gasteiger partial charge >= 0.3 is 25.7 Å². The Labute approximate surface area is 265 Å². The van der Waals surface area contributed by atoms with Gasteiger partial charge in [0.2, 0.25) is 0 Å². The predicted octanol–water partition coefficient (Wildman–Crippen LogP) is -4.52. The molecule has 43 heavy (non-hydrogen) atoms. The number of anilines is 1. The summed E-state index contributed by atoms with van der Waals surface area (Å²) in [5.41, 5.74) is 1.52.